The summed E-state index contributed by atoms with van der Waals surface area (Å²) in [6, 6.07) is 15.3. The van der Waals surface area contributed by atoms with Crippen molar-refractivity contribution >= 4 is 35.2 Å². The molecule has 1 heterocycles. The quantitative estimate of drug-likeness (QED) is 0.627. The van der Waals surface area contributed by atoms with Crippen LogP contribution in [0.2, 0.25) is 0 Å². The highest BCUT2D eigenvalue weighted by Crippen LogP contribution is 2.20. The summed E-state index contributed by atoms with van der Waals surface area (Å²) < 4.78 is 0. The van der Waals surface area contributed by atoms with Crippen molar-refractivity contribution in [1.29, 1.82) is 0 Å². The number of imide groups is 1. The predicted octanol–water partition coefficient (Wildman–Crippen LogP) is 3.37. The van der Waals surface area contributed by atoms with E-state index in [9.17, 15) is 14.4 Å². The van der Waals surface area contributed by atoms with Gasteiger partial charge in [0.15, 0.2) is 0 Å². The third kappa shape index (κ3) is 4.73. The van der Waals surface area contributed by atoms with E-state index in [0.717, 1.165) is 10.5 Å². The van der Waals surface area contributed by atoms with Crippen molar-refractivity contribution in [3.63, 3.8) is 0 Å². The average molecular weight is 368 g/mol. The molecule has 1 saturated heterocycles. The van der Waals surface area contributed by atoms with Gasteiger partial charge in [0.2, 0.25) is 17.7 Å². The van der Waals surface area contributed by atoms with Gasteiger partial charge in [-0.3, -0.25) is 19.3 Å². The van der Waals surface area contributed by atoms with E-state index in [1.807, 2.05) is 43.3 Å². The summed E-state index contributed by atoms with van der Waals surface area (Å²) >= 11 is 1.49. The molecule has 0 aromatic heterocycles. The number of aryl methyl sites for hydroxylation is 1. The summed E-state index contributed by atoms with van der Waals surface area (Å²) in [5.41, 5.74) is 2.75. The molecule has 1 fully saturated rings. The number of carbonyl (C=O) groups is 3. The first-order valence-corrected chi connectivity index (χ1v) is 9.41. The minimum absolute atomic E-state index is 0.0757. The summed E-state index contributed by atoms with van der Waals surface area (Å²) in [6.07, 6.45) is 0.594. The van der Waals surface area contributed by atoms with Gasteiger partial charge in [-0.05, 0) is 36.8 Å². The molecule has 26 heavy (non-hydrogen) atoms. The van der Waals surface area contributed by atoms with Gasteiger partial charge in [0.1, 0.15) is 0 Å². The molecule has 0 aliphatic carbocycles. The third-order valence-electron chi connectivity index (χ3n) is 4.12. The van der Waals surface area contributed by atoms with Gasteiger partial charge in [-0.15, -0.1) is 11.8 Å². The van der Waals surface area contributed by atoms with Crippen molar-refractivity contribution in [2.75, 3.05) is 11.1 Å². The van der Waals surface area contributed by atoms with Gasteiger partial charge in [0, 0.05) is 23.4 Å². The Morgan fingerprint density at radius 3 is 2.23 bits per heavy atom. The zero-order valence-electron chi connectivity index (χ0n) is 14.5. The van der Waals surface area contributed by atoms with E-state index < -0.39 is 0 Å². The molecule has 3 amide bonds. The number of rotatable bonds is 6. The molecule has 5 nitrogen and oxygen atoms in total. The Kier molecular flexibility index (Phi) is 5.73. The summed E-state index contributed by atoms with van der Waals surface area (Å²) in [7, 11) is 0. The van der Waals surface area contributed by atoms with Crippen molar-refractivity contribution in [3.8, 4) is 0 Å². The number of carbonyl (C=O) groups excluding carboxylic acids is 3. The largest absolute Gasteiger partial charge is 0.325 e. The molecule has 6 heteroatoms. The molecule has 0 radical (unpaired) electrons. The number of likely N-dealkylation sites (tertiary alicyclic amines) is 1. The van der Waals surface area contributed by atoms with E-state index in [0.29, 0.717) is 24.3 Å². The summed E-state index contributed by atoms with van der Waals surface area (Å²) in [5.74, 6) is 0.0101. The predicted molar refractivity (Wildman–Crippen MR) is 102 cm³/mol. The maximum Gasteiger partial charge on any atom is 0.234 e. The minimum Gasteiger partial charge on any atom is -0.325 e. The second-order valence-electron chi connectivity index (χ2n) is 6.22. The van der Waals surface area contributed by atoms with E-state index in [2.05, 4.69) is 5.32 Å². The Balaban J connectivity index is 1.50. The van der Waals surface area contributed by atoms with Crippen LogP contribution in [0.3, 0.4) is 0 Å². The monoisotopic (exact) mass is 368 g/mol. The number of nitrogens with zero attached hydrogens (tertiary/aromatic N) is 1. The average Bonchev–Trinajstić information content (AvgIpc) is 2.95. The lowest BCUT2D eigenvalue weighted by molar-refractivity contribution is -0.139. The topological polar surface area (TPSA) is 66.5 Å². The molecule has 0 atom stereocenters. The summed E-state index contributed by atoms with van der Waals surface area (Å²) in [4.78, 5) is 37.7. The van der Waals surface area contributed by atoms with E-state index in [1.54, 1.807) is 12.1 Å². The van der Waals surface area contributed by atoms with Crippen LogP contribution in [0.15, 0.2) is 53.4 Å². The van der Waals surface area contributed by atoms with Gasteiger partial charge in [0.25, 0.3) is 0 Å². The van der Waals surface area contributed by atoms with Crippen LogP contribution < -0.4 is 5.32 Å². The van der Waals surface area contributed by atoms with Crippen molar-refractivity contribution in [1.82, 2.24) is 4.90 Å². The normalized spacial score (nSPS) is 14.0. The molecular weight excluding hydrogens is 348 g/mol. The number of amides is 3. The fraction of sp³-hybridized carbons (Fsp3) is 0.250. The molecule has 0 saturated carbocycles. The Morgan fingerprint density at radius 1 is 1.00 bits per heavy atom. The smallest absolute Gasteiger partial charge is 0.234 e. The first kappa shape index (κ1) is 18.2. The molecule has 0 unspecified atom stereocenters. The molecule has 3 rings (SSSR count). The van der Waals surface area contributed by atoms with E-state index in [4.69, 9.17) is 0 Å². The van der Waals surface area contributed by atoms with Crippen molar-refractivity contribution < 1.29 is 14.4 Å². The molecule has 134 valence electrons. The molecule has 1 aliphatic rings. The molecular formula is C20H20N2O3S. The van der Waals surface area contributed by atoms with Gasteiger partial charge >= 0.3 is 0 Å². The number of hydrogen-bond acceptors (Lipinski definition) is 4. The standard InChI is InChI=1S/C20H20N2O3S/c1-14-2-8-17(9-3-14)26-13-18(23)21-16-6-4-15(5-7-16)12-22-19(24)10-11-20(22)25/h2-9H,10-13H2,1H3,(H,21,23). The lowest BCUT2D eigenvalue weighted by atomic mass is 10.2. The van der Waals surface area contributed by atoms with Gasteiger partial charge in [0.05, 0.1) is 12.3 Å². The number of nitrogens with one attached hydrogen (secondary N) is 1. The van der Waals surface area contributed by atoms with Gasteiger partial charge < -0.3 is 5.32 Å². The van der Waals surface area contributed by atoms with Gasteiger partial charge in [-0.25, -0.2) is 0 Å². The number of thioether (sulfide) groups is 1. The Bertz CT molecular complexity index is 800. The van der Waals surface area contributed by atoms with Crippen LogP contribution >= 0.6 is 11.8 Å². The number of anilines is 1. The van der Waals surface area contributed by atoms with E-state index >= 15 is 0 Å². The van der Waals surface area contributed by atoms with E-state index in [-0.39, 0.29) is 24.3 Å². The maximum atomic E-state index is 12.1. The fourth-order valence-electron chi connectivity index (χ4n) is 2.66. The van der Waals surface area contributed by atoms with Crippen LogP contribution in [-0.4, -0.2) is 28.4 Å². The number of hydrogen-bond donors (Lipinski definition) is 1. The maximum absolute atomic E-state index is 12.1. The van der Waals surface area contributed by atoms with E-state index in [1.165, 1.54) is 22.2 Å². The van der Waals surface area contributed by atoms with Gasteiger partial charge in [-0.2, -0.15) is 0 Å². The first-order valence-electron chi connectivity index (χ1n) is 8.43. The Labute approximate surface area is 156 Å². The molecule has 0 bridgehead atoms. The van der Waals surface area contributed by atoms with Crippen molar-refractivity contribution in [3.05, 3.63) is 59.7 Å². The van der Waals surface area contributed by atoms with Crippen molar-refractivity contribution in [2.45, 2.75) is 31.2 Å². The SMILES string of the molecule is Cc1ccc(SCC(=O)Nc2ccc(CN3C(=O)CCC3=O)cc2)cc1. The third-order valence-corrected chi connectivity index (χ3v) is 5.14. The summed E-state index contributed by atoms with van der Waals surface area (Å²) in [5, 5.41) is 2.85. The van der Waals surface area contributed by atoms with Crippen LogP contribution in [0.1, 0.15) is 24.0 Å². The zero-order chi connectivity index (χ0) is 18.5. The highest BCUT2D eigenvalue weighted by atomic mass is 32.2. The lowest BCUT2D eigenvalue weighted by Gasteiger charge is -2.14. The second kappa shape index (κ2) is 8.19. The molecule has 1 N–H and O–H groups in total. The molecule has 0 spiro atoms. The van der Waals surface area contributed by atoms with Crippen LogP contribution in [-0.2, 0) is 20.9 Å². The highest BCUT2D eigenvalue weighted by molar-refractivity contribution is 8.00. The zero-order valence-corrected chi connectivity index (χ0v) is 15.3. The highest BCUT2D eigenvalue weighted by Gasteiger charge is 2.28. The first-order chi connectivity index (χ1) is 12.5. The lowest BCUT2D eigenvalue weighted by Crippen LogP contribution is -2.28. The Morgan fingerprint density at radius 2 is 1.62 bits per heavy atom. The van der Waals surface area contributed by atoms with Gasteiger partial charge in [-0.1, -0.05) is 29.8 Å². The van der Waals surface area contributed by atoms with Crippen LogP contribution in [0, 0.1) is 6.92 Å². The number of benzene rings is 2. The van der Waals surface area contributed by atoms with Crippen molar-refractivity contribution in [2.24, 2.45) is 0 Å². The molecule has 2 aromatic carbocycles. The van der Waals surface area contributed by atoms with Crippen LogP contribution in [0.4, 0.5) is 5.69 Å². The second-order valence-corrected chi connectivity index (χ2v) is 7.27. The molecule has 2 aromatic rings. The molecule has 1 aliphatic heterocycles. The summed E-state index contributed by atoms with van der Waals surface area (Å²) in [6.45, 7) is 2.32. The fourth-order valence-corrected chi connectivity index (χ4v) is 3.35. The Hall–Kier alpha value is -2.60. The van der Waals surface area contributed by atoms with Crippen LogP contribution in [0.5, 0.6) is 0 Å². The minimum atomic E-state index is -0.125. The van der Waals surface area contributed by atoms with Crippen LogP contribution in [0.25, 0.3) is 0 Å².